The van der Waals surface area contributed by atoms with E-state index < -0.39 is 0 Å². The Labute approximate surface area is 66.0 Å². The molecule has 0 N–H and O–H groups in total. The Balaban J connectivity index is 2.32. The molecule has 1 rings (SSSR count). The Hall–Kier alpha value is -0.190. The summed E-state index contributed by atoms with van der Waals surface area (Å²) in [6.45, 7) is 1.01. The van der Waals surface area contributed by atoms with E-state index >= 15 is 0 Å². The van der Waals surface area contributed by atoms with Crippen LogP contribution >= 0.6 is 0 Å². The standard InChI is InChI=1S/C7H14FNO2/c1-9-4-7(10-2)3-6(9)5-11-8/h6-7H,3-5H2,1-2H3/t6-,7-/m0/s1. The van der Waals surface area contributed by atoms with E-state index in [9.17, 15) is 4.53 Å². The summed E-state index contributed by atoms with van der Waals surface area (Å²) in [5, 5.41) is 0. The summed E-state index contributed by atoms with van der Waals surface area (Å²) in [4.78, 5) is 5.64. The van der Waals surface area contributed by atoms with Gasteiger partial charge in [-0.15, -0.1) is 0 Å². The average Bonchev–Trinajstić information content (AvgIpc) is 2.33. The fraction of sp³-hybridized carbons (Fsp3) is 1.00. The average molecular weight is 163 g/mol. The molecule has 1 aliphatic heterocycles. The van der Waals surface area contributed by atoms with Gasteiger partial charge in [0, 0.05) is 19.7 Å². The van der Waals surface area contributed by atoms with Crippen LogP contribution < -0.4 is 0 Å². The first-order valence-electron chi connectivity index (χ1n) is 3.74. The first-order chi connectivity index (χ1) is 5.27. The second-order valence-corrected chi connectivity index (χ2v) is 2.96. The minimum absolute atomic E-state index is 0.149. The summed E-state index contributed by atoms with van der Waals surface area (Å²) in [6.07, 6.45) is 1.09. The van der Waals surface area contributed by atoms with Crippen molar-refractivity contribution in [3.63, 3.8) is 0 Å². The van der Waals surface area contributed by atoms with Crippen LogP contribution in [0, 0.1) is 0 Å². The van der Waals surface area contributed by atoms with E-state index in [4.69, 9.17) is 4.74 Å². The van der Waals surface area contributed by atoms with E-state index in [0.717, 1.165) is 13.0 Å². The van der Waals surface area contributed by atoms with E-state index in [-0.39, 0.29) is 18.8 Å². The van der Waals surface area contributed by atoms with Gasteiger partial charge in [-0.05, 0) is 18.0 Å². The lowest BCUT2D eigenvalue weighted by Gasteiger charge is -2.15. The molecule has 0 bridgehead atoms. The van der Waals surface area contributed by atoms with E-state index in [1.165, 1.54) is 0 Å². The van der Waals surface area contributed by atoms with Gasteiger partial charge in [-0.1, -0.05) is 0 Å². The predicted molar refractivity (Wildman–Crippen MR) is 38.9 cm³/mol. The Kier molecular flexibility index (Phi) is 3.23. The summed E-state index contributed by atoms with van der Waals surface area (Å²) in [6, 6.07) is 0.171. The highest BCUT2D eigenvalue weighted by molar-refractivity contribution is 4.83. The summed E-state index contributed by atoms with van der Waals surface area (Å²) in [5.74, 6) is 0. The molecule has 2 atom stereocenters. The fourth-order valence-electron chi connectivity index (χ4n) is 1.47. The van der Waals surface area contributed by atoms with Gasteiger partial charge in [-0.25, -0.2) is 0 Å². The zero-order valence-corrected chi connectivity index (χ0v) is 6.92. The molecule has 1 fully saturated rings. The van der Waals surface area contributed by atoms with Crippen LogP contribution in [-0.4, -0.2) is 44.4 Å². The molecule has 1 saturated heterocycles. The minimum atomic E-state index is 0.149. The number of hydrogen-bond acceptors (Lipinski definition) is 3. The first-order valence-corrected chi connectivity index (χ1v) is 3.74. The van der Waals surface area contributed by atoms with Crippen LogP contribution in [-0.2, 0) is 9.68 Å². The van der Waals surface area contributed by atoms with Crippen molar-refractivity contribution in [1.29, 1.82) is 0 Å². The van der Waals surface area contributed by atoms with Gasteiger partial charge in [0.1, 0.15) is 6.61 Å². The molecule has 4 heteroatoms. The molecular formula is C7H14FNO2. The van der Waals surface area contributed by atoms with Gasteiger partial charge in [0.15, 0.2) is 0 Å². The molecule has 0 unspecified atom stereocenters. The van der Waals surface area contributed by atoms with Crippen molar-refractivity contribution < 1.29 is 14.2 Å². The van der Waals surface area contributed by atoms with E-state index in [1.807, 2.05) is 11.9 Å². The Morgan fingerprint density at radius 2 is 2.36 bits per heavy atom. The molecule has 1 heterocycles. The number of likely N-dealkylation sites (tertiary alicyclic amines) is 1. The normalized spacial score (nSPS) is 33.0. The number of likely N-dealkylation sites (N-methyl/N-ethyl adjacent to an activating group) is 1. The summed E-state index contributed by atoms with van der Waals surface area (Å²) in [7, 11) is 3.62. The molecule has 11 heavy (non-hydrogen) atoms. The number of hydrogen-bond donors (Lipinski definition) is 0. The number of methoxy groups -OCH3 is 1. The molecule has 66 valence electrons. The van der Waals surface area contributed by atoms with Crippen molar-refractivity contribution in [3.8, 4) is 0 Å². The van der Waals surface area contributed by atoms with Gasteiger partial charge in [-0.2, -0.15) is 4.94 Å². The first kappa shape index (κ1) is 8.90. The molecule has 0 saturated carbocycles. The van der Waals surface area contributed by atoms with Crippen molar-refractivity contribution in [2.24, 2.45) is 0 Å². The summed E-state index contributed by atoms with van der Waals surface area (Å²) < 4.78 is 16.6. The molecule has 0 aromatic heterocycles. The van der Waals surface area contributed by atoms with E-state index in [1.54, 1.807) is 7.11 Å². The third-order valence-corrected chi connectivity index (χ3v) is 2.24. The molecular weight excluding hydrogens is 149 g/mol. The number of halogens is 1. The fourth-order valence-corrected chi connectivity index (χ4v) is 1.47. The van der Waals surface area contributed by atoms with Gasteiger partial charge >= 0.3 is 0 Å². The maximum atomic E-state index is 11.5. The van der Waals surface area contributed by atoms with Gasteiger partial charge in [-0.3, -0.25) is 4.90 Å². The van der Waals surface area contributed by atoms with Crippen molar-refractivity contribution in [2.45, 2.75) is 18.6 Å². The summed E-state index contributed by atoms with van der Waals surface area (Å²) >= 11 is 0. The van der Waals surface area contributed by atoms with Crippen LogP contribution in [0.2, 0.25) is 0 Å². The third-order valence-electron chi connectivity index (χ3n) is 2.24. The number of nitrogens with zero attached hydrogens (tertiary/aromatic N) is 1. The van der Waals surface area contributed by atoms with E-state index in [0.29, 0.717) is 0 Å². The predicted octanol–water partition coefficient (Wildman–Crippen LogP) is 0.607. The lowest BCUT2D eigenvalue weighted by molar-refractivity contribution is -0.145. The van der Waals surface area contributed by atoms with Crippen LogP contribution in [0.25, 0.3) is 0 Å². The molecule has 0 aromatic carbocycles. The van der Waals surface area contributed by atoms with Crippen molar-refractivity contribution >= 4 is 0 Å². The monoisotopic (exact) mass is 163 g/mol. The maximum Gasteiger partial charge on any atom is 0.103 e. The topological polar surface area (TPSA) is 21.7 Å². The van der Waals surface area contributed by atoms with Crippen LogP contribution in [0.1, 0.15) is 6.42 Å². The lowest BCUT2D eigenvalue weighted by Crippen LogP contribution is -2.28. The van der Waals surface area contributed by atoms with Crippen LogP contribution in [0.3, 0.4) is 0 Å². The lowest BCUT2D eigenvalue weighted by atomic mass is 10.2. The van der Waals surface area contributed by atoms with Crippen LogP contribution in [0.15, 0.2) is 0 Å². The summed E-state index contributed by atoms with van der Waals surface area (Å²) in [5.41, 5.74) is 0. The second kappa shape index (κ2) is 3.99. The molecule has 0 aromatic rings. The smallest absolute Gasteiger partial charge is 0.103 e. The largest absolute Gasteiger partial charge is 0.380 e. The van der Waals surface area contributed by atoms with Gasteiger partial charge in [0.2, 0.25) is 0 Å². The number of ether oxygens (including phenoxy) is 1. The van der Waals surface area contributed by atoms with Crippen molar-refractivity contribution in [1.82, 2.24) is 4.90 Å². The molecule has 0 radical (unpaired) electrons. The molecule has 0 spiro atoms. The number of rotatable bonds is 3. The quantitative estimate of drug-likeness (QED) is 0.608. The Bertz CT molecular complexity index is 123. The SMILES string of the molecule is CO[C@H]1C[C@@H](COF)N(C)C1. The Morgan fingerprint density at radius 3 is 2.82 bits per heavy atom. The molecule has 0 aliphatic carbocycles. The van der Waals surface area contributed by atoms with Crippen LogP contribution in [0.4, 0.5) is 4.53 Å². The van der Waals surface area contributed by atoms with E-state index in [2.05, 4.69) is 4.94 Å². The zero-order valence-electron chi connectivity index (χ0n) is 6.92. The molecule has 0 amide bonds. The van der Waals surface area contributed by atoms with Crippen molar-refractivity contribution in [2.75, 3.05) is 27.3 Å². The van der Waals surface area contributed by atoms with Crippen LogP contribution in [0.5, 0.6) is 0 Å². The van der Waals surface area contributed by atoms with Gasteiger partial charge < -0.3 is 4.74 Å². The zero-order chi connectivity index (χ0) is 8.27. The molecule has 1 aliphatic rings. The highest BCUT2D eigenvalue weighted by Crippen LogP contribution is 2.17. The third kappa shape index (κ3) is 2.12. The Morgan fingerprint density at radius 1 is 1.64 bits per heavy atom. The van der Waals surface area contributed by atoms with Gasteiger partial charge in [0.05, 0.1) is 6.10 Å². The highest BCUT2D eigenvalue weighted by Gasteiger charge is 2.29. The molecule has 3 nitrogen and oxygen atoms in total. The second-order valence-electron chi connectivity index (χ2n) is 2.96. The van der Waals surface area contributed by atoms with Gasteiger partial charge in [0.25, 0.3) is 0 Å². The van der Waals surface area contributed by atoms with Crippen molar-refractivity contribution in [3.05, 3.63) is 0 Å². The highest BCUT2D eigenvalue weighted by atomic mass is 19.3. The minimum Gasteiger partial charge on any atom is -0.380 e. The maximum absolute atomic E-state index is 11.5.